The van der Waals surface area contributed by atoms with Crippen molar-refractivity contribution in [1.29, 1.82) is 0 Å². The lowest BCUT2D eigenvalue weighted by molar-refractivity contribution is 0.480. The summed E-state index contributed by atoms with van der Waals surface area (Å²) in [4.78, 5) is 0. The van der Waals surface area contributed by atoms with Crippen LogP contribution in [0.25, 0.3) is 0 Å². The van der Waals surface area contributed by atoms with Crippen molar-refractivity contribution in [3.05, 3.63) is 35.9 Å². The highest BCUT2D eigenvalue weighted by Crippen LogP contribution is 2.10. The molecule has 0 aromatic heterocycles. The van der Waals surface area contributed by atoms with Gasteiger partial charge in [0.1, 0.15) is 0 Å². The standard InChI is InChI=1S/C12H17BrIN/c13-9-5-2-6-10-15(14)11-12-7-3-1-4-8-12/h1,3-4,7-8H,2,5-6,9-11H2. The first-order valence-corrected chi connectivity index (χ1v) is 7.42. The third kappa shape index (κ3) is 6.53. The fourth-order valence-electron chi connectivity index (χ4n) is 1.42. The minimum absolute atomic E-state index is 1.05. The Kier molecular flexibility index (Phi) is 7.65. The molecule has 0 radical (unpaired) electrons. The van der Waals surface area contributed by atoms with Crippen LogP contribution in [0.15, 0.2) is 30.3 Å². The van der Waals surface area contributed by atoms with E-state index in [0.29, 0.717) is 0 Å². The molecule has 1 aromatic carbocycles. The molecule has 0 fully saturated rings. The quantitative estimate of drug-likeness (QED) is 0.293. The molecule has 0 aliphatic heterocycles. The summed E-state index contributed by atoms with van der Waals surface area (Å²) in [7, 11) is 0. The van der Waals surface area contributed by atoms with Crippen LogP contribution >= 0.6 is 38.8 Å². The fourth-order valence-corrected chi connectivity index (χ4v) is 2.55. The van der Waals surface area contributed by atoms with Gasteiger partial charge >= 0.3 is 0 Å². The molecule has 1 aromatic rings. The number of alkyl halides is 1. The number of hydrogen-bond donors (Lipinski definition) is 0. The second-order valence-corrected chi connectivity index (χ2v) is 5.74. The molecular weight excluding hydrogens is 365 g/mol. The van der Waals surface area contributed by atoms with E-state index in [1.54, 1.807) is 0 Å². The van der Waals surface area contributed by atoms with E-state index < -0.39 is 0 Å². The van der Waals surface area contributed by atoms with Gasteiger partial charge < -0.3 is 0 Å². The zero-order valence-electron chi connectivity index (χ0n) is 8.83. The Labute approximate surface area is 115 Å². The topological polar surface area (TPSA) is 3.24 Å². The van der Waals surface area contributed by atoms with Crippen LogP contribution in [0.2, 0.25) is 0 Å². The van der Waals surface area contributed by atoms with Gasteiger partial charge in [0.05, 0.1) is 0 Å². The van der Waals surface area contributed by atoms with Gasteiger partial charge in [-0.1, -0.05) is 52.7 Å². The van der Waals surface area contributed by atoms with Crippen LogP contribution in [0, 0.1) is 0 Å². The van der Waals surface area contributed by atoms with Gasteiger partial charge in [0, 0.05) is 41.3 Å². The Bertz CT molecular complexity index is 253. The molecular formula is C12H17BrIN. The summed E-state index contributed by atoms with van der Waals surface area (Å²) in [6.45, 7) is 2.23. The van der Waals surface area contributed by atoms with Crippen LogP contribution in [-0.4, -0.2) is 15.0 Å². The van der Waals surface area contributed by atoms with E-state index in [1.807, 2.05) is 0 Å². The average Bonchev–Trinajstić information content (AvgIpc) is 2.26. The molecule has 0 saturated carbocycles. The minimum Gasteiger partial charge on any atom is -0.243 e. The number of hydrogen-bond acceptors (Lipinski definition) is 1. The minimum atomic E-state index is 1.05. The highest BCUT2D eigenvalue weighted by Gasteiger charge is 2.00. The first kappa shape index (κ1) is 13.5. The monoisotopic (exact) mass is 381 g/mol. The van der Waals surface area contributed by atoms with Crippen molar-refractivity contribution in [3.8, 4) is 0 Å². The number of unbranched alkanes of at least 4 members (excludes halogenated alkanes) is 2. The summed E-state index contributed by atoms with van der Waals surface area (Å²) in [5, 5.41) is 1.13. The van der Waals surface area contributed by atoms with Crippen LogP contribution in [0.4, 0.5) is 0 Å². The molecule has 0 amide bonds. The SMILES string of the molecule is BrCCCCCN(I)Cc1ccccc1. The van der Waals surface area contributed by atoms with Gasteiger partial charge in [-0.3, -0.25) is 0 Å². The maximum Gasteiger partial charge on any atom is 0.0332 e. The van der Waals surface area contributed by atoms with Crippen molar-refractivity contribution < 1.29 is 0 Å². The first-order chi connectivity index (χ1) is 7.33. The summed E-state index contributed by atoms with van der Waals surface area (Å²) in [6.07, 6.45) is 3.90. The third-order valence-electron chi connectivity index (χ3n) is 2.23. The molecule has 1 rings (SSSR count). The van der Waals surface area contributed by atoms with Gasteiger partial charge in [0.15, 0.2) is 0 Å². The molecule has 0 aliphatic rings. The maximum atomic E-state index is 3.45. The van der Waals surface area contributed by atoms with Crippen LogP contribution in [0.3, 0.4) is 0 Å². The smallest absolute Gasteiger partial charge is 0.0332 e. The number of benzene rings is 1. The van der Waals surface area contributed by atoms with Gasteiger partial charge in [-0.15, -0.1) is 0 Å². The molecule has 0 saturated heterocycles. The summed E-state index contributed by atoms with van der Waals surface area (Å²) >= 11 is 5.87. The molecule has 0 bridgehead atoms. The third-order valence-corrected chi connectivity index (χ3v) is 3.62. The van der Waals surface area contributed by atoms with Crippen molar-refractivity contribution >= 4 is 38.8 Å². The van der Waals surface area contributed by atoms with Gasteiger partial charge in [-0.2, -0.15) is 0 Å². The summed E-state index contributed by atoms with van der Waals surface area (Å²) < 4.78 is 2.36. The lowest BCUT2D eigenvalue weighted by Gasteiger charge is -2.13. The Hall–Kier alpha value is 0.390. The van der Waals surface area contributed by atoms with E-state index >= 15 is 0 Å². The first-order valence-electron chi connectivity index (χ1n) is 5.33. The van der Waals surface area contributed by atoms with Crippen molar-refractivity contribution in [2.75, 3.05) is 11.9 Å². The zero-order valence-corrected chi connectivity index (χ0v) is 12.6. The number of halogens is 2. The van der Waals surface area contributed by atoms with Crippen molar-refractivity contribution in [2.45, 2.75) is 25.8 Å². The summed E-state index contributed by atoms with van der Waals surface area (Å²) in [6, 6.07) is 10.6. The summed E-state index contributed by atoms with van der Waals surface area (Å²) in [5.74, 6) is 0. The van der Waals surface area contributed by atoms with E-state index in [9.17, 15) is 0 Å². The summed E-state index contributed by atoms with van der Waals surface area (Å²) in [5.41, 5.74) is 1.40. The fraction of sp³-hybridized carbons (Fsp3) is 0.500. The molecule has 3 heteroatoms. The molecule has 0 heterocycles. The van der Waals surface area contributed by atoms with Crippen LogP contribution < -0.4 is 0 Å². The Morgan fingerprint density at radius 2 is 1.80 bits per heavy atom. The van der Waals surface area contributed by atoms with Gasteiger partial charge in [-0.05, 0) is 18.4 Å². The maximum absolute atomic E-state index is 3.45. The molecule has 0 unspecified atom stereocenters. The lowest BCUT2D eigenvalue weighted by Crippen LogP contribution is -2.12. The zero-order chi connectivity index (χ0) is 10.9. The molecule has 84 valence electrons. The van der Waals surface area contributed by atoms with Gasteiger partial charge in [0.25, 0.3) is 0 Å². The average molecular weight is 382 g/mol. The second-order valence-electron chi connectivity index (χ2n) is 3.58. The molecule has 15 heavy (non-hydrogen) atoms. The van der Waals surface area contributed by atoms with Gasteiger partial charge in [-0.25, -0.2) is 3.11 Å². The highest BCUT2D eigenvalue weighted by atomic mass is 127. The predicted molar refractivity (Wildman–Crippen MR) is 78.5 cm³/mol. The van der Waals surface area contributed by atoms with Crippen LogP contribution in [0.5, 0.6) is 0 Å². The highest BCUT2D eigenvalue weighted by molar-refractivity contribution is 14.1. The van der Waals surface area contributed by atoms with Crippen molar-refractivity contribution in [3.63, 3.8) is 0 Å². The molecule has 0 N–H and O–H groups in total. The molecule has 1 nitrogen and oxygen atoms in total. The van der Waals surface area contributed by atoms with E-state index in [4.69, 9.17) is 0 Å². The largest absolute Gasteiger partial charge is 0.243 e. The molecule has 0 atom stereocenters. The van der Waals surface area contributed by atoms with E-state index in [0.717, 1.165) is 11.9 Å². The molecule has 0 spiro atoms. The molecule has 0 aliphatic carbocycles. The van der Waals surface area contributed by atoms with Crippen molar-refractivity contribution in [1.82, 2.24) is 3.11 Å². The van der Waals surface area contributed by atoms with Gasteiger partial charge in [0.2, 0.25) is 0 Å². The Balaban J connectivity index is 2.16. The number of rotatable bonds is 7. The van der Waals surface area contributed by atoms with E-state index in [1.165, 1.54) is 31.4 Å². The normalized spacial score (nSPS) is 10.9. The Morgan fingerprint density at radius 1 is 1.07 bits per heavy atom. The van der Waals surface area contributed by atoms with Crippen molar-refractivity contribution in [2.24, 2.45) is 0 Å². The lowest BCUT2D eigenvalue weighted by atomic mass is 10.2. The number of nitrogens with zero attached hydrogens (tertiary/aromatic N) is 1. The van der Waals surface area contributed by atoms with Crippen LogP contribution in [-0.2, 0) is 6.54 Å². The Morgan fingerprint density at radius 3 is 2.47 bits per heavy atom. The van der Waals surface area contributed by atoms with E-state index in [2.05, 4.69) is 72.2 Å². The second kappa shape index (κ2) is 8.53. The van der Waals surface area contributed by atoms with E-state index in [-0.39, 0.29) is 0 Å². The van der Waals surface area contributed by atoms with Crippen LogP contribution in [0.1, 0.15) is 24.8 Å². The predicted octanol–water partition coefficient (Wildman–Crippen LogP) is 4.40.